The van der Waals surface area contributed by atoms with Gasteiger partial charge in [0.05, 0.1) is 11.6 Å². The molecule has 1 N–H and O–H groups in total. The van der Waals surface area contributed by atoms with E-state index in [-0.39, 0.29) is 0 Å². The van der Waals surface area contributed by atoms with E-state index in [9.17, 15) is 0 Å². The molecule has 1 aliphatic heterocycles. The molecular formula is C17H23N3. The number of benzene rings is 1. The summed E-state index contributed by atoms with van der Waals surface area (Å²) < 4.78 is 0. The third-order valence-electron chi connectivity index (χ3n) is 4.63. The Labute approximate surface area is 121 Å². The van der Waals surface area contributed by atoms with Crippen LogP contribution in [0.1, 0.15) is 49.8 Å². The normalized spacial score (nSPS) is 23.8. The minimum absolute atomic E-state index is 0.442. The number of hydrogen-bond acceptors (Lipinski definition) is 3. The second-order valence-electron chi connectivity index (χ2n) is 6.13. The van der Waals surface area contributed by atoms with E-state index in [4.69, 9.17) is 5.26 Å². The number of nitriles is 1. The molecule has 2 aliphatic rings. The Bertz CT molecular complexity index is 478. The molecule has 3 heteroatoms. The molecule has 0 aromatic heterocycles. The molecule has 3 rings (SSSR count). The summed E-state index contributed by atoms with van der Waals surface area (Å²) in [6.07, 6.45) is 5.30. The van der Waals surface area contributed by atoms with Gasteiger partial charge >= 0.3 is 0 Å². The summed E-state index contributed by atoms with van der Waals surface area (Å²) in [5.74, 6) is 0. The topological polar surface area (TPSA) is 39.1 Å². The van der Waals surface area contributed by atoms with Gasteiger partial charge in [-0.1, -0.05) is 12.1 Å². The third kappa shape index (κ3) is 3.03. The SMILES string of the molecule is CC(c1ccc(C#N)cc1)N(CC1CCCN1)C1CC1. The molecule has 1 saturated heterocycles. The molecule has 106 valence electrons. The lowest BCUT2D eigenvalue weighted by Gasteiger charge is -2.32. The van der Waals surface area contributed by atoms with Crippen LogP contribution in [-0.2, 0) is 0 Å². The van der Waals surface area contributed by atoms with Crippen LogP contribution >= 0.6 is 0 Å². The van der Waals surface area contributed by atoms with Gasteiger partial charge in [0, 0.05) is 24.7 Å². The molecule has 1 aromatic rings. The van der Waals surface area contributed by atoms with Crippen molar-refractivity contribution < 1.29 is 0 Å². The zero-order valence-corrected chi connectivity index (χ0v) is 12.2. The maximum atomic E-state index is 8.90. The Balaban J connectivity index is 1.70. The minimum atomic E-state index is 0.442. The minimum Gasteiger partial charge on any atom is -0.313 e. The van der Waals surface area contributed by atoms with Crippen LogP contribution in [0.15, 0.2) is 24.3 Å². The average Bonchev–Trinajstić information content (AvgIpc) is 3.21. The van der Waals surface area contributed by atoms with Gasteiger partial charge in [-0.3, -0.25) is 4.90 Å². The van der Waals surface area contributed by atoms with Gasteiger partial charge in [-0.05, 0) is 56.8 Å². The fourth-order valence-electron chi connectivity index (χ4n) is 3.22. The maximum absolute atomic E-state index is 8.90. The Morgan fingerprint density at radius 3 is 2.60 bits per heavy atom. The predicted octanol–water partition coefficient (Wildman–Crippen LogP) is 2.84. The molecule has 1 heterocycles. The summed E-state index contributed by atoms with van der Waals surface area (Å²) >= 11 is 0. The first-order valence-electron chi connectivity index (χ1n) is 7.77. The highest BCUT2D eigenvalue weighted by Crippen LogP contribution is 2.34. The monoisotopic (exact) mass is 269 g/mol. The van der Waals surface area contributed by atoms with Gasteiger partial charge in [0.1, 0.15) is 0 Å². The fraction of sp³-hybridized carbons (Fsp3) is 0.588. The summed E-state index contributed by atoms with van der Waals surface area (Å²) in [6, 6.07) is 12.2. The smallest absolute Gasteiger partial charge is 0.0991 e. The Hall–Kier alpha value is -1.37. The van der Waals surface area contributed by atoms with Crippen LogP contribution in [-0.4, -0.2) is 30.1 Å². The third-order valence-corrected chi connectivity index (χ3v) is 4.63. The number of rotatable bonds is 5. The van der Waals surface area contributed by atoms with Crippen LogP contribution in [0.4, 0.5) is 0 Å². The number of nitrogens with zero attached hydrogens (tertiary/aromatic N) is 2. The molecule has 0 amide bonds. The molecular weight excluding hydrogens is 246 g/mol. The van der Waals surface area contributed by atoms with Crippen LogP contribution in [0.25, 0.3) is 0 Å². The number of hydrogen-bond donors (Lipinski definition) is 1. The second kappa shape index (κ2) is 5.95. The Morgan fingerprint density at radius 1 is 1.30 bits per heavy atom. The average molecular weight is 269 g/mol. The van der Waals surface area contributed by atoms with Crippen molar-refractivity contribution in [1.82, 2.24) is 10.2 Å². The van der Waals surface area contributed by atoms with Crippen molar-refractivity contribution in [1.29, 1.82) is 5.26 Å². The molecule has 1 aliphatic carbocycles. The van der Waals surface area contributed by atoms with Crippen LogP contribution in [0.2, 0.25) is 0 Å². The molecule has 0 radical (unpaired) electrons. The number of nitrogens with one attached hydrogen (secondary N) is 1. The molecule has 1 saturated carbocycles. The molecule has 3 nitrogen and oxygen atoms in total. The van der Waals surface area contributed by atoms with Crippen LogP contribution < -0.4 is 5.32 Å². The van der Waals surface area contributed by atoms with Crippen molar-refractivity contribution >= 4 is 0 Å². The first-order valence-corrected chi connectivity index (χ1v) is 7.77. The quantitative estimate of drug-likeness (QED) is 0.893. The zero-order valence-electron chi connectivity index (χ0n) is 12.2. The summed E-state index contributed by atoms with van der Waals surface area (Å²) in [5, 5.41) is 12.5. The first kappa shape index (κ1) is 13.6. The zero-order chi connectivity index (χ0) is 13.9. The highest BCUT2D eigenvalue weighted by molar-refractivity contribution is 5.32. The molecule has 0 bridgehead atoms. The van der Waals surface area contributed by atoms with E-state index >= 15 is 0 Å². The summed E-state index contributed by atoms with van der Waals surface area (Å²) in [4.78, 5) is 2.66. The summed E-state index contributed by atoms with van der Waals surface area (Å²) in [5.41, 5.74) is 2.07. The van der Waals surface area contributed by atoms with E-state index in [0.717, 1.165) is 18.2 Å². The lowest BCUT2D eigenvalue weighted by atomic mass is 10.0. The molecule has 2 fully saturated rings. The molecule has 1 aromatic carbocycles. The van der Waals surface area contributed by atoms with Crippen molar-refractivity contribution in [2.45, 2.75) is 50.7 Å². The Morgan fingerprint density at radius 2 is 2.05 bits per heavy atom. The van der Waals surface area contributed by atoms with Gasteiger partial charge in [-0.25, -0.2) is 0 Å². The summed E-state index contributed by atoms with van der Waals surface area (Å²) in [6.45, 7) is 4.63. The van der Waals surface area contributed by atoms with Gasteiger partial charge < -0.3 is 5.32 Å². The van der Waals surface area contributed by atoms with Crippen molar-refractivity contribution in [3.05, 3.63) is 35.4 Å². The van der Waals surface area contributed by atoms with E-state index in [1.54, 1.807) is 0 Å². The van der Waals surface area contributed by atoms with Crippen LogP contribution in [0.5, 0.6) is 0 Å². The van der Waals surface area contributed by atoms with Gasteiger partial charge in [0.25, 0.3) is 0 Å². The largest absolute Gasteiger partial charge is 0.313 e. The van der Waals surface area contributed by atoms with Crippen molar-refractivity contribution in [3.8, 4) is 6.07 Å². The van der Waals surface area contributed by atoms with Crippen molar-refractivity contribution in [2.75, 3.05) is 13.1 Å². The molecule has 2 atom stereocenters. The van der Waals surface area contributed by atoms with E-state index in [1.807, 2.05) is 12.1 Å². The van der Waals surface area contributed by atoms with Gasteiger partial charge in [-0.2, -0.15) is 5.26 Å². The second-order valence-corrected chi connectivity index (χ2v) is 6.13. The Kier molecular flexibility index (Phi) is 4.05. The maximum Gasteiger partial charge on any atom is 0.0991 e. The van der Waals surface area contributed by atoms with E-state index in [1.165, 1.54) is 37.8 Å². The van der Waals surface area contributed by atoms with Crippen molar-refractivity contribution in [2.24, 2.45) is 0 Å². The molecule has 20 heavy (non-hydrogen) atoms. The van der Waals surface area contributed by atoms with Crippen molar-refractivity contribution in [3.63, 3.8) is 0 Å². The van der Waals surface area contributed by atoms with E-state index in [0.29, 0.717) is 12.1 Å². The standard InChI is InChI=1S/C17H23N3/c1-13(15-6-4-14(11-18)5-7-15)20(17-8-9-17)12-16-3-2-10-19-16/h4-7,13,16-17,19H,2-3,8-10,12H2,1H3. The van der Waals surface area contributed by atoms with Crippen LogP contribution in [0, 0.1) is 11.3 Å². The van der Waals surface area contributed by atoms with E-state index < -0.39 is 0 Å². The van der Waals surface area contributed by atoms with Gasteiger partial charge in [0.15, 0.2) is 0 Å². The van der Waals surface area contributed by atoms with Gasteiger partial charge in [0.2, 0.25) is 0 Å². The predicted molar refractivity (Wildman–Crippen MR) is 80.3 cm³/mol. The summed E-state index contributed by atoms with van der Waals surface area (Å²) in [7, 11) is 0. The highest BCUT2D eigenvalue weighted by Gasteiger charge is 2.34. The molecule has 2 unspecified atom stereocenters. The first-order chi connectivity index (χ1) is 9.78. The lowest BCUT2D eigenvalue weighted by molar-refractivity contribution is 0.182. The van der Waals surface area contributed by atoms with Crippen LogP contribution in [0.3, 0.4) is 0 Å². The molecule has 0 spiro atoms. The fourth-order valence-corrected chi connectivity index (χ4v) is 3.22. The highest BCUT2D eigenvalue weighted by atomic mass is 15.2. The lowest BCUT2D eigenvalue weighted by Crippen LogP contribution is -2.40. The van der Waals surface area contributed by atoms with Gasteiger partial charge in [-0.15, -0.1) is 0 Å². The van der Waals surface area contributed by atoms with E-state index in [2.05, 4.69) is 35.3 Å².